The van der Waals surface area contributed by atoms with Gasteiger partial charge in [-0.05, 0) is 47.0 Å². The number of nitrogens with zero attached hydrogens (tertiary/aromatic N) is 4. The Balaban J connectivity index is 1.68. The summed E-state index contributed by atoms with van der Waals surface area (Å²) in [5.74, 6) is 0. The molecule has 1 saturated carbocycles. The molecule has 2 aliphatic rings. The van der Waals surface area contributed by atoms with E-state index in [-0.39, 0.29) is 0 Å². The van der Waals surface area contributed by atoms with Gasteiger partial charge < -0.3 is 5.11 Å². The van der Waals surface area contributed by atoms with Crippen molar-refractivity contribution < 1.29 is 5.11 Å². The third-order valence-electron chi connectivity index (χ3n) is 6.21. The summed E-state index contributed by atoms with van der Waals surface area (Å²) in [6, 6.07) is 1.67. The highest BCUT2D eigenvalue weighted by molar-refractivity contribution is 5.25. The zero-order chi connectivity index (χ0) is 18.0. The van der Waals surface area contributed by atoms with Gasteiger partial charge in [0.05, 0.1) is 5.69 Å². The molecule has 3 rings (SSSR count). The van der Waals surface area contributed by atoms with E-state index in [4.69, 9.17) is 5.10 Å². The van der Waals surface area contributed by atoms with Crippen molar-refractivity contribution in [2.24, 2.45) is 0 Å². The number of hydrogen-bond acceptors (Lipinski definition) is 4. The summed E-state index contributed by atoms with van der Waals surface area (Å²) in [4.78, 5) is 5.28. The van der Waals surface area contributed by atoms with E-state index in [1.165, 1.54) is 42.6 Å². The minimum Gasteiger partial charge on any atom is -0.396 e. The SMILES string of the molecule is Cc1nn(C(C)C)c(C)c1CN1CCN(C2CCCC2)C(CCO)C1. The predicted octanol–water partition coefficient (Wildman–Crippen LogP) is 2.89. The monoisotopic (exact) mass is 348 g/mol. The minimum atomic E-state index is 0.297. The number of aliphatic hydroxyl groups is 1. The minimum absolute atomic E-state index is 0.297. The van der Waals surface area contributed by atoms with Crippen LogP contribution in [-0.4, -0.2) is 63.0 Å². The Kier molecular flexibility index (Phi) is 6.18. The molecule has 0 aromatic carbocycles. The van der Waals surface area contributed by atoms with Crippen molar-refractivity contribution in [1.29, 1.82) is 0 Å². The van der Waals surface area contributed by atoms with Crippen LogP contribution in [-0.2, 0) is 6.54 Å². The van der Waals surface area contributed by atoms with Crippen molar-refractivity contribution in [3.05, 3.63) is 17.0 Å². The van der Waals surface area contributed by atoms with Crippen molar-refractivity contribution in [3.63, 3.8) is 0 Å². The fraction of sp³-hybridized carbons (Fsp3) is 0.850. The second kappa shape index (κ2) is 8.19. The number of piperazine rings is 1. The van der Waals surface area contributed by atoms with Gasteiger partial charge in [0.2, 0.25) is 0 Å². The molecule has 1 unspecified atom stereocenters. The standard InChI is InChI=1S/C20H36N4O/c1-15(2)24-17(4)20(16(3)21-24)14-22-10-11-23(18-7-5-6-8-18)19(13-22)9-12-25/h15,18-19,25H,5-14H2,1-4H3. The van der Waals surface area contributed by atoms with E-state index >= 15 is 0 Å². The van der Waals surface area contributed by atoms with Gasteiger partial charge in [0.25, 0.3) is 0 Å². The normalized spacial score (nSPS) is 23.8. The summed E-state index contributed by atoms with van der Waals surface area (Å²) in [6.45, 7) is 13.4. The molecule has 5 heteroatoms. The summed E-state index contributed by atoms with van der Waals surface area (Å²) in [7, 11) is 0. The topological polar surface area (TPSA) is 44.5 Å². The van der Waals surface area contributed by atoms with Gasteiger partial charge in [-0.2, -0.15) is 5.10 Å². The van der Waals surface area contributed by atoms with E-state index in [9.17, 15) is 5.11 Å². The third kappa shape index (κ3) is 4.09. The number of aryl methyl sites for hydroxylation is 1. The Labute approximate surface area is 153 Å². The Morgan fingerprint density at radius 2 is 1.88 bits per heavy atom. The maximum absolute atomic E-state index is 9.55. The summed E-state index contributed by atoms with van der Waals surface area (Å²) in [5, 5.41) is 14.3. The van der Waals surface area contributed by atoms with Crippen molar-refractivity contribution in [2.45, 2.75) is 84.5 Å². The lowest BCUT2D eigenvalue weighted by Crippen LogP contribution is -2.56. The van der Waals surface area contributed by atoms with Crippen LogP contribution in [0, 0.1) is 13.8 Å². The highest BCUT2D eigenvalue weighted by Gasteiger charge is 2.33. The van der Waals surface area contributed by atoms with E-state index < -0.39 is 0 Å². The lowest BCUT2D eigenvalue weighted by Gasteiger charge is -2.44. The average molecular weight is 349 g/mol. The van der Waals surface area contributed by atoms with Gasteiger partial charge in [-0.15, -0.1) is 0 Å². The molecule has 1 aliphatic heterocycles. The van der Waals surface area contributed by atoms with Crippen molar-refractivity contribution in [3.8, 4) is 0 Å². The van der Waals surface area contributed by atoms with Gasteiger partial charge in [-0.25, -0.2) is 0 Å². The van der Waals surface area contributed by atoms with Crippen molar-refractivity contribution in [2.75, 3.05) is 26.2 Å². The number of aromatic nitrogens is 2. The quantitative estimate of drug-likeness (QED) is 0.858. The van der Waals surface area contributed by atoms with E-state index in [2.05, 4.69) is 42.2 Å². The molecule has 1 aromatic heterocycles. The maximum Gasteiger partial charge on any atom is 0.0641 e. The fourth-order valence-electron chi connectivity index (χ4n) is 4.85. The molecule has 0 spiro atoms. The maximum atomic E-state index is 9.55. The van der Waals surface area contributed by atoms with Crippen LogP contribution in [0.15, 0.2) is 0 Å². The van der Waals surface area contributed by atoms with Gasteiger partial charge in [0.15, 0.2) is 0 Å². The molecule has 2 heterocycles. The zero-order valence-corrected chi connectivity index (χ0v) is 16.5. The molecule has 1 N–H and O–H groups in total. The zero-order valence-electron chi connectivity index (χ0n) is 16.5. The molecule has 142 valence electrons. The second-order valence-corrected chi connectivity index (χ2v) is 8.27. The Hall–Kier alpha value is -0.910. The Bertz CT molecular complexity index is 562. The first-order valence-electron chi connectivity index (χ1n) is 10.1. The fourth-order valence-corrected chi connectivity index (χ4v) is 4.85. The molecule has 5 nitrogen and oxygen atoms in total. The highest BCUT2D eigenvalue weighted by atomic mass is 16.3. The van der Waals surface area contributed by atoms with E-state index in [0.29, 0.717) is 18.7 Å². The second-order valence-electron chi connectivity index (χ2n) is 8.27. The highest BCUT2D eigenvalue weighted by Crippen LogP contribution is 2.29. The van der Waals surface area contributed by atoms with Crippen LogP contribution in [0.1, 0.15) is 68.9 Å². The van der Waals surface area contributed by atoms with Crippen LogP contribution in [0.4, 0.5) is 0 Å². The summed E-state index contributed by atoms with van der Waals surface area (Å²) in [5.41, 5.74) is 3.87. The van der Waals surface area contributed by atoms with Crippen LogP contribution in [0.3, 0.4) is 0 Å². The lowest BCUT2D eigenvalue weighted by atomic mass is 10.0. The Morgan fingerprint density at radius 1 is 1.16 bits per heavy atom. The van der Waals surface area contributed by atoms with Gasteiger partial charge in [-0.3, -0.25) is 14.5 Å². The predicted molar refractivity (Wildman–Crippen MR) is 102 cm³/mol. The van der Waals surface area contributed by atoms with Crippen molar-refractivity contribution >= 4 is 0 Å². The van der Waals surface area contributed by atoms with E-state index in [0.717, 1.165) is 38.6 Å². The third-order valence-corrected chi connectivity index (χ3v) is 6.21. The van der Waals surface area contributed by atoms with Crippen LogP contribution >= 0.6 is 0 Å². The number of aliphatic hydroxyl groups excluding tert-OH is 1. The smallest absolute Gasteiger partial charge is 0.0641 e. The van der Waals surface area contributed by atoms with Gasteiger partial charge in [0.1, 0.15) is 0 Å². The first-order chi connectivity index (χ1) is 12.0. The molecule has 25 heavy (non-hydrogen) atoms. The van der Waals surface area contributed by atoms with Crippen LogP contribution < -0.4 is 0 Å². The van der Waals surface area contributed by atoms with Crippen LogP contribution in [0.25, 0.3) is 0 Å². The van der Waals surface area contributed by atoms with Gasteiger partial charge in [-0.1, -0.05) is 12.8 Å². The molecule has 1 atom stereocenters. The molecule has 1 aromatic rings. The van der Waals surface area contributed by atoms with Crippen molar-refractivity contribution in [1.82, 2.24) is 19.6 Å². The number of rotatable bonds is 6. The first kappa shape index (κ1) is 18.9. The molecule has 1 saturated heterocycles. The molecule has 2 fully saturated rings. The molecular formula is C20H36N4O. The summed E-state index contributed by atoms with van der Waals surface area (Å²) < 4.78 is 2.16. The lowest BCUT2D eigenvalue weighted by molar-refractivity contribution is 0.0266. The van der Waals surface area contributed by atoms with Crippen LogP contribution in [0.5, 0.6) is 0 Å². The first-order valence-corrected chi connectivity index (χ1v) is 10.1. The molecular weight excluding hydrogens is 312 g/mol. The Morgan fingerprint density at radius 3 is 2.48 bits per heavy atom. The van der Waals surface area contributed by atoms with E-state index in [1.807, 2.05) is 0 Å². The van der Waals surface area contributed by atoms with Gasteiger partial charge in [0, 0.05) is 62.2 Å². The van der Waals surface area contributed by atoms with Gasteiger partial charge >= 0.3 is 0 Å². The van der Waals surface area contributed by atoms with E-state index in [1.54, 1.807) is 0 Å². The molecule has 0 radical (unpaired) electrons. The largest absolute Gasteiger partial charge is 0.396 e. The average Bonchev–Trinajstić information content (AvgIpc) is 3.19. The summed E-state index contributed by atoms with van der Waals surface area (Å²) >= 11 is 0. The number of hydrogen-bond donors (Lipinski definition) is 1. The summed E-state index contributed by atoms with van der Waals surface area (Å²) in [6.07, 6.45) is 6.35. The molecule has 0 bridgehead atoms. The van der Waals surface area contributed by atoms with Crippen LogP contribution in [0.2, 0.25) is 0 Å². The molecule has 1 aliphatic carbocycles. The molecule has 0 amide bonds.